The Bertz CT molecular complexity index is 897. The van der Waals surface area contributed by atoms with Gasteiger partial charge < -0.3 is 15.0 Å². The highest BCUT2D eigenvalue weighted by molar-refractivity contribution is 5.95. The molecule has 5 nitrogen and oxygen atoms in total. The van der Waals surface area contributed by atoms with Gasteiger partial charge in [-0.25, -0.2) is 0 Å². The van der Waals surface area contributed by atoms with Gasteiger partial charge in [0.05, 0.1) is 18.6 Å². The minimum absolute atomic E-state index is 0.0240. The molecule has 1 atom stereocenters. The molecule has 2 aromatic rings. The number of benzene rings is 2. The van der Waals surface area contributed by atoms with Gasteiger partial charge in [-0.2, -0.15) is 13.2 Å². The fraction of sp³-hybridized carbons (Fsp3) is 0.364. The van der Waals surface area contributed by atoms with Crippen molar-refractivity contribution < 1.29 is 27.5 Å². The lowest BCUT2D eigenvalue weighted by Gasteiger charge is -2.32. The summed E-state index contributed by atoms with van der Waals surface area (Å²) < 4.78 is 43.9. The molecule has 0 spiro atoms. The van der Waals surface area contributed by atoms with Gasteiger partial charge in [0.1, 0.15) is 5.75 Å². The van der Waals surface area contributed by atoms with Crippen molar-refractivity contribution in [3.63, 3.8) is 0 Å². The van der Waals surface area contributed by atoms with E-state index < -0.39 is 23.6 Å². The lowest BCUT2D eigenvalue weighted by molar-refractivity contribution is -0.137. The van der Waals surface area contributed by atoms with Crippen LogP contribution in [0.1, 0.15) is 34.3 Å². The molecule has 3 rings (SSSR count). The van der Waals surface area contributed by atoms with Crippen molar-refractivity contribution in [3.05, 3.63) is 65.2 Å². The number of carbonyl (C=O) groups is 2. The molecule has 0 unspecified atom stereocenters. The monoisotopic (exact) mass is 420 g/mol. The summed E-state index contributed by atoms with van der Waals surface area (Å²) in [7, 11) is 1.58. The third-order valence-electron chi connectivity index (χ3n) is 5.14. The minimum atomic E-state index is -4.51. The van der Waals surface area contributed by atoms with Crippen molar-refractivity contribution in [3.8, 4) is 5.75 Å². The van der Waals surface area contributed by atoms with Crippen LogP contribution in [0, 0.1) is 5.92 Å². The van der Waals surface area contributed by atoms with Gasteiger partial charge >= 0.3 is 6.18 Å². The zero-order chi connectivity index (χ0) is 21.7. The molecule has 0 saturated carbocycles. The van der Waals surface area contributed by atoms with E-state index in [1.165, 1.54) is 17.0 Å². The number of nitrogens with one attached hydrogen (secondary N) is 1. The molecule has 0 bridgehead atoms. The van der Waals surface area contributed by atoms with Crippen LogP contribution in [0.4, 0.5) is 13.2 Å². The summed E-state index contributed by atoms with van der Waals surface area (Å²) in [6, 6.07) is 11.7. The van der Waals surface area contributed by atoms with E-state index in [2.05, 4.69) is 5.32 Å². The van der Waals surface area contributed by atoms with Crippen LogP contribution in [-0.4, -0.2) is 36.9 Å². The first kappa shape index (κ1) is 21.7. The van der Waals surface area contributed by atoms with Crippen molar-refractivity contribution in [1.82, 2.24) is 10.2 Å². The van der Waals surface area contributed by atoms with Crippen molar-refractivity contribution in [1.29, 1.82) is 0 Å². The Morgan fingerprint density at radius 2 is 1.90 bits per heavy atom. The van der Waals surface area contributed by atoms with Crippen LogP contribution in [0.3, 0.4) is 0 Å². The first-order chi connectivity index (χ1) is 14.3. The molecule has 0 aliphatic carbocycles. The summed E-state index contributed by atoms with van der Waals surface area (Å²) in [4.78, 5) is 26.7. The maximum absolute atomic E-state index is 12.9. The van der Waals surface area contributed by atoms with E-state index in [9.17, 15) is 22.8 Å². The zero-order valence-corrected chi connectivity index (χ0v) is 16.5. The summed E-state index contributed by atoms with van der Waals surface area (Å²) in [6.07, 6.45) is -3.27. The number of likely N-dealkylation sites (tertiary alicyclic amines) is 1. The molecule has 1 aliphatic rings. The van der Waals surface area contributed by atoms with Gasteiger partial charge in [-0.05, 0) is 48.7 Å². The standard InChI is InChI=1S/C22H23F3N2O3/c1-30-19-9-7-15(8-10-19)13-26-20(28)17-5-3-11-27(14-17)21(29)16-4-2-6-18(12-16)22(23,24)25/h2,4,6-10,12,17H,3,5,11,13-14H2,1H3,(H,26,28)/t17-/m0/s1. The molecule has 160 valence electrons. The molecule has 0 aromatic heterocycles. The Hall–Kier alpha value is -3.03. The average molecular weight is 420 g/mol. The second-order valence-corrected chi connectivity index (χ2v) is 7.23. The maximum atomic E-state index is 12.9. The van der Waals surface area contributed by atoms with Gasteiger partial charge in [0.2, 0.25) is 5.91 Å². The number of hydrogen-bond acceptors (Lipinski definition) is 3. The summed E-state index contributed by atoms with van der Waals surface area (Å²) in [5.74, 6) is -0.339. The predicted molar refractivity (Wildman–Crippen MR) is 105 cm³/mol. The van der Waals surface area contributed by atoms with E-state index in [0.717, 1.165) is 23.4 Å². The minimum Gasteiger partial charge on any atom is -0.497 e. The fourth-order valence-corrected chi connectivity index (χ4v) is 3.46. The number of nitrogens with zero attached hydrogens (tertiary/aromatic N) is 1. The van der Waals surface area contributed by atoms with Gasteiger partial charge in [-0.15, -0.1) is 0 Å². The lowest BCUT2D eigenvalue weighted by atomic mass is 9.96. The van der Waals surface area contributed by atoms with Crippen LogP contribution in [0.15, 0.2) is 48.5 Å². The molecule has 2 amide bonds. The largest absolute Gasteiger partial charge is 0.497 e. The Morgan fingerprint density at radius 3 is 2.57 bits per heavy atom. The number of methoxy groups -OCH3 is 1. The van der Waals surface area contributed by atoms with Crippen LogP contribution in [0.2, 0.25) is 0 Å². The van der Waals surface area contributed by atoms with E-state index in [4.69, 9.17) is 4.74 Å². The number of piperidine rings is 1. The van der Waals surface area contributed by atoms with E-state index >= 15 is 0 Å². The van der Waals surface area contributed by atoms with Gasteiger partial charge in [0.15, 0.2) is 0 Å². The number of alkyl halides is 3. The van der Waals surface area contributed by atoms with Gasteiger partial charge in [-0.1, -0.05) is 18.2 Å². The molecular formula is C22H23F3N2O3. The number of hydrogen-bond donors (Lipinski definition) is 1. The molecule has 1 saturated heterocycles. The van der Waals surface area contributed by atoms with Crippen molar-refractivity contribution in [2.45, 2.75) is 25.6 Å². The SMILES string of the molecule is COc1ccc(CNC(=O)[C@H]2CCCN(C(=O)c3cccc(C(F)(F)F)c3)C2)cc1. The van der Waals surface area contributed by atoms with Gasteiger partial charge in [0.25, 0.3) is 5.91 Å². The van der Waals surface area contributed by atoms with Crippen molar-refractivity contribution in [2.75, 3.05) is 20.2 Å². The highest BCUT2D eigenvalue weighted by Crippen LogP contribution is 2.30. The Morgan fingerprint density at radius 1 is 1.17 bits per heavy atom. The van der Waals surface area contributed by atoms with Crippen LogP contribution < -0.4 is 10.1 Å². The van der Waals surface area contributed by atoms with Crippen LogP contribution in [0.25, 0.3) is 0 Å². The molecule has 1 fully saturated rings. The molecule has 8 heteroatoms. The Balaban J connectivity index is 1.60. The summed E-state index contributed by atoms with van der Waals surface area (Å²) in [5, 5.41) is 2.87. The quantitative estimate of drug-likeness (QED) is 0.799. The maximum Gasteiger partial charge on any atom is 0.416 e. The first-order valence-corrected chi connectivity index (χ1v) is 9.65. The summed E-state index contributed by atoms with van der Waals surface area (Å²) >= 11 is 0. The molecule has 1 aliphatic heterocycles. The van der Waals surface area contributed by atoms with Gasteiger partial charge in [0, 0.05) is 25.2 Å². The summed E-state index contributed by atoms with van der Waals surface area (Å²) in [6.45, 7) is 0.946. The molecule has 30 heavy (non-hydrogen) atoms. The molecular weight excluding hydrogens is 397 g/mol. The predicted octanol–water partition coefficient (Wildman–Crippen LogP) is 3.88. The van der Waals surface area contributed by atoms with E-state index in [-0.39, 0.29) is 18.0 Å². The molecule has 0 radical (unpaired) electrons. The topological polar surface area (TPSA) is 58.6 Å². The zero-order valence-electron chi connectivity index (χ0n) is 16.5. The van der Waals surface area contributed by atoms with Crippen LogP contribution >= 0.6 is 0 Å². The molecule has 1 heterocycles. The van der Waals surface area contributed by atoms with Crippen LogP contribution in [-0.2, 0) is 17.5 Å². The van der Waals surface area contributed by atoms with Gasteiger partial charge in [-0.3, -0.25) is 9.59 Å². The average Bonchev–Trinajstić information content (AvgIpc) is 2.77. The van der Waals surface area contributed by atoms with Crippen molar-refractivity contribution in [2.24, 2.45) is 5.92 Å². The first-order valence-electron chi connectivity index (χ1n) is 9.65. The number of ether oxygens (including phenoxy) is 1. The number of carbonyl (C=O) groups excluding carboxylic acids is 2. The Labute approximate surface area is 172 Å². The number of amides is 2. The third kappa shape index (κ3) is 5.31. The highest BCUT2D eigenvalue weighted by atomic mass is 19.4. The normalized spacial score (nSPS) is 16.8. The molecule has 1 N–H and O–H groups in total. The lowest BCUT2D eigenvalue weighted by Crippen LogP contribution is -2.45. The smallest absolute Gasteiger partial charge is 0.416 e. The van der Waals surface area contributed by atoms with E-state index in [0.29, 0.717) is 25.9 Å². The Kier molecular flexibility index (Phi) is 6.64. The second-order valence-electron chi connectivity index (χ2n) is 7.23. The second kappa shape index (κ2) is 9.19. The molecule has 2 aromatic carbocycles. The summed E-state index contributed by atoms with van der Waals surface area (Å²) in [5.41, 5.74) is 0.0279. The van der Waals surface area contributed by atoms with Crippen molar-refractivity contribution >= 4 is 11.8 Å². The number of halogens is 3. The van der Waals surface area contributed by atoms with Crippen LogP contribution in [0.5, 0.6) is 5.75 Å². The third-order valence-corrected chi connectivity index (χ3v) is 5.14. The van der Waals surface area contributed by atoms with E-state index in [1.807, 2.05) is 12.1 Å². The fourth-order valence-electron chi connectivity index (χ4n) is 3.46. The number of rotatable bonds is 5. The highest BCUT2D eigenvalue weighted by Gasteiger charge is 2.33. The van der Waals surface area contributed by atoms with E-state index in [1.54, 1.807) is 19.2 Å².